The minimum absolute atomic E-state index is 0.107. The fourth-order valence-corrected chi connectivity index (χ4v) is 12.1. The molecule has 8 rings (SSSR count). The average Bonchev–Trinajstić information content (AvgIpc) is 3.97. The van der Waals surface area contributed by atoms with Gasteiger partial charge in [0.2, 0.25) is 0 Å². The summed E-state index contributed by atoms with van der Waals surface area (Å²) in [4.78, 5) is 3.75. The number of unbranched alkanes of at least 4 members (excludes halogenated alkanes) is 2. The maximum Gasteiger partial charge on any atom is 0.304 e. The number of thiophene rings is 2. The molecule has 2 aliphatic carbocycles. The summed E-state index contributed by atoms with van der Waals surface area (Å²) in [5.41, 5.74) is 7.81. The quantitative estimate of drug-likeness (QED) is 0.0803. The van der Waals surface area contributed by atoms with Crippen LogP contribution in [0.3, 0.4) is 0 Å². The van der Waals surface area contributed by atoms with Crippen molar-refractivity contribution in [3.8, 4) is 32.5 Å². The summed E-state index contributed by atoms with van der Waals surface area (Å²) in [5, 5.41) is 11.5. The lowest BCUT2D eigenvalue weighted by Gasteiger charge is -2.15. The number of halogens is 4. The van der Waals surface area contributed by atoms with Gasteiger partial charge in [0.15, 0.2) is 0 Å². The third kappa shape index (κ3) is 8.24. The van der Waals surface area contributed by atoms with Gasteiger partial charge in [0.05, 0.1) is 54.0 Å². The molecule has 0 fully saturated rings. The van der Waals surface area contributed by atoms with E-state index in [9.17, 15) is 25.9 Å². The van der Waals surface area contributed by atoms with Gasteiger partial charge in [0.25, 0.3) is 0 Å². The fraction of sp³-hybridized carbons (Fsp3) is 0.231. The second-order valence-electron chi connectivity index (χ2n) is 14.0. The Morgan fingerprint density at radius 2 is 1.10 bits per heavy atom. The van der Waals surface area contributed by atoms with Gasteiger partial charge >= 0.3 is 20.2 Å². The van der Waals surface area contributed by atoms with Crippen LogP contribution in [-0.2, 0) is 33.1 Å². The Bertz CT molecular complexity index is 2700. The number of benzene rings is 2. The minimum atomic E-state index is -4.35. The first-order chi connectivity index (χ1) is 27.6. The Hall–Kier alpha value is -3.32. The monoisotopic (exact) mass is 935 g/mol. The number of rotatable bonds is 14. The second kappa shape index (κ2) is 16.3. The molecule has 19 heteroatoms. The third-order valence-corrected chi connectivity index (χ3v) is 16.0. The Morgan fingerprint density at radius 3 is 1.48 bits per heavy atom. The van der Waals surface area contributed by atoms with Crippen molar-refractivity contribution in [1.29, 1.82) is 0 Å². The van der Waals surface area contributed by atoms with Crippen LogP contribution in [0.4, 0.5) is 0 Å². The van der Waals surface area contributed by atoms with Crippen LogP contribution in [-0.4, -0.2) is 70.5 Å². The lowest BCUT2D eigenvalue weighted by molar-refractivity contribution is 0.327. The molecule has 6 aromatic rings. The summed E-state index contributed by atoms with van der Waals surface area (Å²) in [7, 11) is -6.59. The van der Waals surface area contributed by atoms with Crippen LogP contribution in [0, 0.1) is 0 Å². The summed E-state index contributed by atoms with van der Waals surface area (Å²) >= 11 is 27.5. The molecule has 0 saturated heterocycles. The van der Waals surface area contributed by atoms with Gasteiger partial charge < -0.3 is 4.90 Å². The number of fused-ring (bicyclic) bond motifs is 6. The molecule has 0 atom stereocenters. The lowest BCUT2D eigenvalue weighted by Crippen LogP contribution is -2.20. The van der Waals surface area contributed by atoms with Gasteiger partial charge in [0, 0.05) is 34.0 Å². The largest absolute Gasteiger partial charge is 0.306 e. The highest BCUT2D eigenvalue weighted by molar-refractivity contribution is 7.88. The van der Waals surface area contributed by atoms with Crippen molar-refractivity contribution < 1.29 is 25.9 Å². The standard InChI is InChI=1S/C39H33Cl4N5O6S4/c1-46(14-6-2-4-8-30-26-16-22-18-34(57(49,50)51)55-38(22)36(26)47(44-30)32-12-10-24(40)20-28(32)42)15-7-3-5-9-31-27-17-23-19-35(58(52,53)54)56-39(23)37(27)48(45-31)33-13-11-25(41)21-29(33)43/h4-5,8-13,18-21H,2-3,6-7,14-17H2,1H3,(H,49,50,51)(H,52,53,54)/b8-4+,9-5+. The van der Waals surface area contributed by atoms with E-state index in [1.807, 2.05) is 12.2 Å². The molecule has 0 saturated carbocycles. The van der Waals surface area contributed by atoms with Crippen LogP contribution in [0.15, 0.2) is 69.1 Å². The number of hydrogen-bond donors (Lipinski definition) is 2. The van der Waals surface area contributed by atoms with Crippen molar-refractivity contribution >= 4 is 101 Å². The highest BCUT2D eigenvalue weighted by Gasteiger charge is 2.34. The van der Waals surface area contributed by atoms with E-state index in [1.165, 1.54) is 12.1 Å². The van der Waals surface area contributed by atoms with Crippen molar-refractivity contribution in [2.45, 2.75) is 46.9 Å². The van der Waals surface area contributed by atoms with Crippen LogP contribution < -0.4 is 0 Å². The molecule has 0 aliphatic heterocycles. The smallest absolute Gasteiger partial charge is 0.304 e. The Balaban J connectivity index is 0.890. The molecule has 0 bridgehead atoms. The van der Waals surface area contributed by atoms with Gasteiger partial charge in [-0.25, -0.2) is 9.36 Å². The van der Waals surface area contributed by atoms with Gasteiger partial charge in [-0.2, -0.15) is 27.0 Å². The highest BCUT2D eigenvalue weighted by atomic mass is 35.5. The van der Waals surface area contributed by atoms with E-state index in [0.717, 1.165) is 116 Å². The predicted octanol–water partition coefficient (Wildman–Crippen LogP) is 10.6. The Morgan fingerprint density at radius 1 is 0.690 bits per heavy atom. The number of hydrogen-bond acceptors (Lipinski definition) is 9. The number of allylic oxidation sites excluding steroid dienone is 2. The summed E-state index contributed by atoms with van der Waals surface area (Å²) in [6.45, 7) is 1.79. The molecular formula is C39H33Cl4N5O6S4. The van der Waals surface area contributed by atoms with Crippen LogP contribution in [0.2, 0.25) is 20.1 Å². The first kappa shape index (κ1) is 41.4. The summed E-state index contributed by atoms with van der Waals surface area (Å²) in [6, 6.07) is 13.3. The normalized spacial score (nSPS) is 13.7. The van der Waals surface area contributed by atoms with E-state index in [0.29, 0.717) is 44.3 Å². The second-order valence-corrected chi connectivity index (χ2v) is 21.1. The van der Waals surface area contributed by atoms with Gasteiger partial charge in [-0.1, -0.05) is 58.6 Å². The maximum absolute atomic E-state index is 11.9. The lowest BCUT2D eigenvalue weighted by atomic mass is 10.1. The van der Waals surface area contributed by atoms with E-state index in [4.69, 9.17) is 56.6 Å². The molecule has 11 nitrogen and oxygen atoms in total. The summed E-state index contributed by atoms with van der Waals surface area (Å²) in [5.74, 6) is 0. The average molecular weight is 938 g/mol. The molecule has 2 aliphatic rings. The molecule has 2 aromatic carbocycles. The van der Waals surface area contributed by atoms with E-state index in [-0.39, 0.29) is 8.42 Å². The van der Waals surface area contributed by atoms with E-state index in [2.05, 4.69) is 24.1 Å². The number of aromatic nitrogens is 4. The molecule has 58 heavy (non-hydrogen) atoms. The van der Waals surface area contributed by atoms with Crippen molar-refractivity contribution in [3.05, 3.63) is 114 Å². The first-order valence-corrected chi connectivity index (χ1v) is 24.0. The summed E-state index contributed by atoms with van der Waals surface area (Å²) < 4.78 is 70.2. The summed E-state index contributed by atoms with van der Waals surface area (Å²) in [6.07, 6.45) is 12.7. The molecule has 0 spiro atoms. The molecule has 2 N–H and O–H groups in total. The Labute approximate surface area is 363 Å². The Kier molecular flexibility index (Phi) is 11.6. The fourth-order valence-electron chi connectivity index (χ4n) is 7.24. The van der Waals surface area contributed by atoms with E-state index >= 15 is 0 Å². The van der Waals surface area contributed by atoms with Crippen molar-refractivity contribution in [2.24, 2.45) is 0 Å². The van der Waals surface area contributed by atoms with Crippen LogP contribution in [0.1, 0.15) is 59.3 Å². The van der Waals surface area contributed by atoms with Crippen molar-refractivity contribution in [1.82, 2.24) is 24.5 Å². The molecule has 0 unspecified atom stereocenters. The molecule has 0 radical (unpaired) electrons. The van der Waals surface area contributed by atoms with Gasteiger partial charge in [-0.15, -0.1) is 22.7 Å². The van der Waals surface area contributed by atoms with Gasteiger partial charge in [0.1, 0.15) is 8.42 Å². The van der Waals surface area contributed by atoms with E-state index < -0.39 is 20.2 Å². The van der Waals surface area contributed by atoms with Crippen molar-refractivity contribution in [2.75, 3.05) is 20.1 Å². The highest BCUT2D eigenvalue weighted by Crippen LogP contribution is 2.48. The van der Waals surface area contributed by atoms with Crippen LogP contribution in [0.5, 0.6) is 0 Å². The molecular weight excluding hydrogens is 905 g/mol. The third-order valence-electron chi connectivity index (χ3n) is 9.92. The maximum atomic E-state index is 11.9. The van der Waals surface area contributed by atoms with Crippen molar-refractivity contribution in [3.63, 3.8) is 0 Å². The topological polar surface area (TPSA) is 148 Å². The SMILES string of the molecule is CN(CCC/C=C/c1nn(-c2ccc(Cl)cc2Cl)c2c1Cc1cc(S(=O)(=O)O)sc1-2)CCC/C=C/c1nn(-c2ccc(Cl)cc2Cl)c2c1Cc1cc(S(=O)(=O)O)sc1-2. The minimum Gasteiger partial charge on any atom is -0.306 e. The zero-order valence-corrected chi connectivity index (χ0v) is 36.8. The number of nitrogens with zero attached hydrogens (tertiary/aromatic N) is 5. The molecule has 4 heterocycles. The van der Waals surface area contributed by atoms with Crippen LogP contribution in [0.25, 0.3) is 44.7 Å². The molecule has 4 aromatic heterocycles. The molecule has 0 amide bonds. The van der Waals surface area contributed by atoms with Gasteiger partial charge in [-0.3, -0.25) is 9.11 Å². The zero-order chi connectivity index (χ0) is 41.1. The van der Waals surface area contributed by atoms with Crippen LogP contribution >= 0.6 is 69.1 Å². The predicted molar refractivity (Wildman–Crippen MR) is 233 cm³/mol. The zero-order valence-electron chi connectivity index (χ0n) is 30.5. The molecule has 302 valence electrons. The van der Waals surface area contributed by atoms with E-state index in [1.54, 1.807) is 45.8 Å². The first-order valence-electron chi connectivity index (χ1n) is 17.9. The van der Waals surface area contributed by atoms with Gasteiger partial charge in [-0.05, 0) is 118 Å².